The van der Waals surface area contributed by atoms with Crippen molar-refractivity contribution < 1.29 is 4.42 Å². The van der Waals surface area contributed by atoms with Crippen molar-refractivity contribution in [3.63, 3.8) is 0 Å². The van der Waals surface area contributed by atoms with Crippen LogP contribution in [0, 0.1) is 0 Å². The SMILES string of the molecule is c1ccc(-c2ccc(-c3nc(-c4ccccc4)nc(-c4cccc5oc6ccc(-c7cccc(-c8cccc9c(-c%10ccccc%10)cccc89)c7)cc6c45)n3)cc2)cc1. The van der Waals surface area contributed by atoms with Crippen molar-refractivity contribution in [3.8, 4) is 78.7 Å². The molecule has 0 radical (unpaired) electrons. The average Bonchev–Trinajstić information content (AvgIpc) is 3.70. The predicted octanol–water partition coefficient (Wildman–Crippen LogP) is 14.6. The fourth-order valence-corrected chi connectivity index (χ4v) is 8.27. The van der Waals surface area contributed by atoms with Crippen molar-refractivity contribution in [3.05, 3.63) is 212 Å². The summed E-state index contributed by atoms with van der Waals surface area (Å²) in [6.45, 7) is 0. The third-order valence-corrected chi connectivity index (χ3v) is 11.2. The van der Waals surface area contributed by atoms with Crippen molar-refractivity contribution in [1.29, 1.82) is 0 Å². The fourth-order valence-electron chi connectivity index (χ4n) is 8.27. The Morgan fingerprint density at radius 3 is 1.41 bits per heavy atom. The molecule has 4 nitrogen and oxygen atoms in total. The Morgan fingerprint density at radius 1 is 0.254 bits per heavy atom. The quantitative estimate of drug-likeness (QED) is 0.163. The number of aromatic nitrogens is 3. The van der Waals surface area contributed by atoms with Gasteiger partial charge in [-0.2, -0.15) is 0 Å². The van der Waals surface area contributed by atoms with Crippen molar-refractivity contribution in [1.82, 2.24) is 15.0 Å². The number of fused-ring (bicyclic) bond motifs is 4. The third kappa shape index (κ3) is 6.34. The molecule has 59 heavy (non-hydrogen) atoms. The van der Waals surface area contributed by atoms with Crippen LogP contribution in [0.3, 0.4) is 0 Å². The van der Waals surface area contributed by atoms with Crippen molar-refractivity contribution in [2.45, 2.75) is 0 Å². The van der Waals surface area contributed by atoms with Crippen LogP contribution in [0.5, 0.6) is 0 Å². The molecule has 0 unspecified atom stereocenters. The molecule has 0 saturated heterocycles. The lowest BCUT2D eigenvalue weighted by Crippen LogP contribution is -2.00. The molecular formula is C55H35N3O. The van der Waals surface area contributed by atoms with Crippen molar-refractivity contribution in [2.24, 2.45) is 0 Å². The van der Waals surface area contributed by atoms with Gasteiger partial charge in [-0.05, 0) is 79.5 Å². The molecule has 11 rings (SSSR count). The molecule has 0 atom stereocenters. The van der Waals surface area contributed by atoms with Gasteiger partial charge < -0.3 is 4.42 Å². The number of nitrogens with zero attached hydrogens (tertiary/aromatic N) is 3. The smallest absolute Gasteiger partial charge is 0.164 e. The molecule has 0 saturated carbocycles. The van der Waals surface area contributed by atoms with Gasteiger partial charge in [-0.1, -0.05) is 188 Å². The molecule has 0 spiro atoms. The minimum Gasteiger partial charge on any atom is -0.456 e. The molecule has 9 aromatic carbocycles. The number of benzene rings is 9. The molecule has 2 heterocycles. The predicted molar refractivity (Wildman–Crippen MR) is 243 cm³/mol. The zero-order chi connectivity index (χ0) is 39.1. The second-order valence-corrected chi connectivity index (χ2v) is 14.8. The third-order valence-electron chi connectivity index (χ3n) is 11.2. The Hall–Kier alpha value is -7.95. The Balaban J connectivity index is 1.02. The van der Waals surface area contributed by atoms with E-state index in [9.17, 15) is 0 Å². The van der Waals surface area contributed by atoms with E-state index in [4.69, 9.17) is 19.4 Å². The molecule has 276 valence electrons. The topological polar surface area (TPSA) is 51.8 Å². The molecule has 0 N–H and O–H groups in total. The summed E-state index contributed by atoms with van der Waals surface area (Å²) < 4.78 is 6.51. The molecule has 0 aliphatic carbocycles. The maximum atomic E-state index is 6.51. The van der Waals surface area contributed by atoms with E-state index in [-0.39, 0.29) is 0 Å². The van der Waals surface area contributed by atoms with E-state index in [1.165, 1.54) is 33.0 Å². The van der Waals surface area contributed by atoms with E-state index in [1.807, 2.05) is 48.5 Å². The highest BCUT2D eigenvalue weighted by atomic mass is 16.3. The second-order valence-electron chi connectivity index (χ2n) is 14.8. The Kier molecular flexibility index (Phi) is 8.45. The van der Waals surface area contributed by atoms with Crippen molar-refractivity contribution in [2.75, 3.05) is 0 Å². The first-order chi connectivity index (χ1) is 29.2. The molecule has 4 heteroatoms. The van der Waals surface area contributed by atoms with Gasteiger partial charge in [-0.15, -0.1) is 0 Å². The summed E-state index contributed by atoms with van der Waals surface area (Å²) in [5, 5.41) is 4.44. The molecule has 0 amide bonds. The summed E-state index contributed by atoms with van der Waals surface area (Å²) in [6, 6.07) is 74.1. The van der Waals surface area contributed by atoms with Gasteiger partial charge in [0.05, 0.1) is 0 Å². The second kappa shape index (κ2) is 14.5. The maximum Gasteiger partial charge on any atom is 0.164 e. The van der Waals surface area contributed by atoms with Crippen LogP contribution < -0.4 is 0 Å². The van der Waals surface area contributed by atoms with Crippen LogP contribution in [0.2, 0.25) is 0 Å². The van der Waals surface area contributed by atoms with Gasteiger partial charge in [0.2, 0.25) is 0 Å². The fraction of sp³-hybridized carbons (Fsp3) is 0. The lowest BCUT2D eigenvalue weighted by Gasteiger charge is -2.12. The molecule has 11 aromatic rings. The minimum atomic E-state index is 0.590. The van der Waals surface area contributed by atoms with Crippen LogP contribution in [0.15, 0.2) is 217 Å². The summed E-state index contributed by atoms with van der Waals surface area (Å²) in [6.07, 6.45) is 0. The molecule has 0 bridgehead atoms. The molecular weight excluding hydrogens is 719 g/mol. The minimum absolute atomic E-state index is 0.590. The number of rotatable bonds is 7. The average molecular weight is 754 g/mol. The van der Waals surface area contributed by atoms with E-state index >= 15 is 0 Å². The number of hydrogen-bond acceptors (Lipinski definition) is 4. The van der Waals surface area contributed by atoms with Gasteiger partial charge >= 0.3 is 0 Å². The summed E-state index contributed by atoms with van der Waals surface area (Å²) in [5.41, 5.74) is 13.7. The van der Waals surface area contributed by atoms with Crippen LogP contribution in [0.1, 0.15) is 0 Å². The summed E-state index contributed by atoms with van der Waals surface area (Å²) in [7, 11) is 0. The van der Waals surface area contributed by atoms with Gasteiger partial charge in [0.25, 0.3) is 0 Å². The van der Waals surface area contributed by atoms with Crippen LogP contribution in [-0.4, -0.2) is 15.0 Å². The molecule has 0 aliphatic rings. The molecule has 0 fully saturated rings. The Bertz CT molecular complexity index is 3300. The monoisotopic (exact) mass is 753 g/mol. The summed E-state index contributed by atoms with van der Waals surface area (Å²) >= 11 is 0. The van der Waals surface area contributed by atoms with Gasteiger partial charge in [-0.25, -0.2) is 15.0 Å². The maximum absolute atomic E-state index is 6.51. The van der Waals surface area contributed by atoms with E-state index < -0.39 is 0 Å². The van der Waals surface area contributed by atoms with Gasteiger partial charge in [0.15, 0.2) is 17.5 Å². The normalized spacial score (nSPS) is 11.4. The summed E-state index contributed by atoms with van der Waals surface area (Å²) in [5.74, 6) is 1.82. The van der Waals surface area contributed by atoms with E-state index in [1.54, 1.807) is 0 Å². The van der Waals surface area contributed by atoms with Gasteiger partial charge in [-0.3, -0.25) is 0 Å². The van der Waals surface area contributed by atoms with Gasteiger partial charge in [0, 0.05) is 27.5 Å². The van der Waals surface area contributed by atoms with E-state index in [2.05, 4.69) is 164 Å². The standard InChI is InChI=1S/C55H35N3O/c1-4-14-36(15-5-1)37-28-30-40(31-29-37)54-56-53(39-18-8-3-9-19-39)57-55(58-54)48-26-13-27-51-52(48)49-35-42(32-33-50(49)59-51)41-20-10-21-43(34-41)45-23-12-24-46-44(22-11-25-47(45)46)38-16-6-2-7-17-38/h1-35H. The number of hydrogen-bond donors (Lipinski definition) is 0. The zero-order valence-electron chi connectivity index (χ0n) is 32.0. The van der Waals surface area contributed by atoms with E-state index in [0.29, 0.717) is 17.5 Å². The van der Waals surface area contributed by atoms with Gasteiger partial charge in [0.1, 0.15) is 11.2 Å². The van der Waals surface area contributed by atoms with Crippen molar-refractivity contribution >= 4 is 32.7 Å². The Morgan fingerprint density at radius 2 is 0.712 bits per heavy atom. The largest absolute Gasteiger partial charge is 0.456 e. The lowest BCUT2D eigenvalue weighted by molar-refractivity contribution is 0.669. The molecule has 2 aromatic heterocycles. The first-order valence-electron chi connectivity index (χ1n) is 19.8. The van der Waals surface area contributed by atoms with Crippen LogP contribution in [-0.2, 0) is 0 Å². The van der Waals surface area contributed by atoms with E-state index in [0.717, 1.165) is 60.9 Å². The lowest BCUT2D eigenvalue weighted by atomic mass is 9.91. The first-order valence-corrected chi connectivity index (χ1v) is 19.8. The van der Waals surface area contributed by atoms with Crippen LogP contribution in [0.25, 0.3) is 111 Å². The van der Waals surface area contributed by atoms with Crippen LogP contribution in [0.4, 0.5) is 0 Å². The Labute approximate surface area is 341 Å². The number of furan rings is 1. The summed E-state index contributed by atoms with van der Waals surface area (Å²) in [4.78, 5) is 15.3. The highest BCUT2D eigenvalue weighted by molar-refractivity contribution is 6.13. The molecule has 0 aliphatic heterocycles. The highest BCUT2D eigenvalue weighted by Gasteiger charge is 2.19. The van der Waals surface area contributed by atoms with Crippen LogP contribution >= 0.6 is 0 Å². The first kappa shape index (κ1) is 34.3. The zero-order valence-corrected chi connectivity index (χ0v) is 32.0. The highest BCUT2D eigenvalue weighted by Crippen LogP contribution is 2.40.